The van der Waals surface area contributed by atoms with Crippen LogP contribution in [0, 0.1) is 23.2 Å². The molecule has 0 fully saturated rings. The molecule has 138 valence electrons. The molecule has 0 bridgehead atoms. The summed E-state index contributed by atoms with van der Waals surface area (Å²) >= 11 is 0. The van der Waals surface area contributed by atoms with Gasteiger partial charge in [-0.3, -0.25) is 0 Å². The fraction of sp³-hybridized carbons (Fsp3) is 0.136. The molecule has 0 aliphatic carbocycles. The van der Waals surface area contributed by atoms with Gasteiger partial charge in [0.2, 0.25) is 0 Å². The topological polar surface area (TPSA) is 80.5 Å². The Hall–Kier alpha value is -3.10. The van der Waals surface area contributed by atoms with E-state index in [1.165, 1.54) is 0 Å². The van der Waals surface area contributed by atoms with Crippen molar-refractivity contribution in [2.45, 2.75) is 19.9 Å². The van der Waals surface area contributed by atoms with E-state index in [2.05, 4.69) is 34.4 Å². The Bertz CT molecular complexity index is 1250. The first-order chi connectivity index (χ1) is 13.2. The molecule has 2 aromatic heterocycles. The molecule has 0 saturated carbocycles. The van der Waals surface area contributed by atoms with Gasteiger partial charge in [0.25, 0.3) is 0 Å². The van der Waals surface area contributed by atoms with Crippen molar-refractivity contribution in [1.82, 2.24) is 14.5 Å². The van der Waals surface area contributed by atoms with E-state index in [0.29, 0.717) is 17.9 Å². The molecular weight excluding hydrogens is 461 g/mol. The van der Waals surface area contributed by atoms with Gasteiger partial charge in [0.15, 0.2) is 5.82 Å². The fourth-order valence-corrected chi connectivity index (χ4v) is 3.19. The Kier molecular flexibility index (Phi) is 5.81. The molecule has 2 heterocycles. The van der Waals surface area contributed by atoms with Crippen molar-refractivity contribution in [3.05, 3.63) is 65.5 Å². The average molecular weight is 479 g/mol. The molecule has 0 saturated heterocycles. The van der Waals surface area contributed by atoms with Crippen molar-refractivity contribution >= 4 is 51.7 Å². The van der Waals surface area contributed by atoms with Gasteiger partial charge >= 0.3 is 0 Å². The Labute approximate surface area is 180 Å². The number of imidazole rings is 1. The third-order valence-electron chi connectivity index (χ3n) is 4.49. The minimum atomic E-state index is 0. The summed E-state index contributed by atoms with van der Waals surface area (Å²) in [5, 5.41) is 9.91. The van der Waals surface area contributed by atoms with E-state index in [1.807, 2.05) is 36.4 Å². The highest BCUT2D eigenvalue weighted by Crippen LogP contribution is 2.28. The lowest BCUT2D eigenvalue weighted by molar-refractivity contribution is 0.783. The molecular formula is C22H18IN5. The van der Waals surface area contributed by atoms with E-state index in [4.69, 9.17) is 16.0 Å². The molecule has 0 amide bonds. The normalized spacial score (nSPS) is 10.1. The molecule has 4 rings (SSSR count). The van der Waals surface area contributed by atoms with Gasteiger partial charge in [0.1, 0.15) is 11.3 Å². The number of aromatic nitrogens is 3. The summed E-state index contributed by atoms with van der Waals surface area (Å²) in [7, 11) is 0. The van der Waals surface area contributed by atoms with Crippen LogP contribution in [-0.4, -0.2) is 14.5 Å². The lowest BCUT2D eigenvalue weighted by Crippen LogP contribution is -2.02. The largest absolute Gasteiger partial charge is 0.382 e. The quantitative estimate of drug-likeness (QED) is 0.344. The molecule has 0 aliphatic rings. The second kappa shape index (κ2) is 8.28. The van der Waals surface area contributed by atoms with E-state index in [-0.39, 0.29) is 24.0 Å². The summed E-state index contributed by atoms with van der Waals surface area (Å²) in [6, 6.07) is 17.3. The first-order valence-electron chi connectivity index (χ1n) is 8.73. The molecule has 4 aromatic rings. The maximum absolute atomic E-state index is 8.89. The van der Waals surface area contributed by atoms with Gasteiger partial charge in [-0.05, 0) is 30.3 Å². The molecule has 2 N–H and O–H groups in total. The van der Waals surface area contributed by atoms with Crippen LogP contribution in [-0.2, 0) is 13.0 Å². The number of aryl methyl sites for hydroxylation is 1. The van der Waals surface area contributed by atoms with Crippen molar-refractivity contribution in [3.8, 4) is 17.9 Å². The summed E-state index contributed by atoms with van der Waals surface area (Å²) < 4.78 is 2.12. The van der Waals surface area contributed by atoms with Crippen LogP contribution >= 0.6 is 24.0 Å². The van der Waals surface area contributed by atoms with E-state index < -0.39 is 0 Å². The minimum Gasteiger partial charge on any atom is -0.382 e. The van der Waals surface area contributed by atoms with E-state index in [1.54, 1.807) is 12.1 Å². The summed E-state index contributed by atoms with van der Waals surface area (Å²) in [6.07, 6.45) is 0.779. The standard InChI is InChI=1S/C22H17N5.HI/c1-2-19-26-20-21(17-7-3-4-8-18(17)25-22(20)24)27(19)13-5-6-15-9-11-16(14-23)12-10-15;/h3-4,7-12H,2,13H2,1H3,(H2,24,25);1H. The number of nitrogens with zero attached hydrogens (tertiary/aromatic N) is 4. The Balaban J connectivity index is 0.00000225. The lowest BCUT2D eigenvalue weighted by atomic mass is 10.1. The Morgan fingerprint density at radius 1 is 1.04 bits per heavy atom. The van der Waals surface area contributed by atoms with Crippen molar-refractivity contribution in [2.24, 2.45) is 0 Å². The predicted molar refractivity (Wildman–Crippen MR) is 122 cm³/mol. The lowest BCUT2D eigenvalue weighted by Gasteiger charge is -2.06. The SMILES string of the molecule is CCc1nc2c(N)nc3ccccc3c2n1CC#Cc1ccc(C#N)cc1.I. The summed E-state index contributed by atoms with van der Waals surface area (Å²) in [5.74, 6) is 7.76. The van der Waals surface area contributed by atoms with Gasteiger partial charge in [0.05, 0.1) is 29.2 Å². The molecule has 0 aliphatic heterocycles. The van der Waals surface area contributed by atoms with Gasteiger partial charge in [-0.1, -0.05) is 37.0 Å². The number of para-hydroxylation sites is 1. The molecule has 0 radical (unpaired) electrons. The predicted octanol–water partition coefficient (Wildman–Crippen LogP) is 4.27. The number of nitrogens with two attached hydrogens (primary N) is 1. The summed E-state index contributed by atoms with van der Waals surface area (Å²) in [5.41, 5.74) is 10.2. The van der Waals surface area contributed by atoms with Gasteiger partial charge < -0.3 is 10.3 Å². The van der Waals surface area contributed by atoms with Crippen molar-refractivity contribution in [2.75, 3.05) is 5.73 Å². The van der Waals surface area contributed by atoms with Crippen LogP contribution in [0.2, 0.25) is 0 Å². The van der Waals surface area contributed by atoms with Gasteiger partial charge in [-0.25, -0.2) is 9.97 Å². The third-order valence-corrected chi connectivity index (χ3v) is 4.49. The molecule has 0 unspecified atom stereocenters. The summed E-state index contributed by atoms with van der Waals surface area (Å²) in [6.45, 7) is 2.57. The number of halogens is 1. The second-order valence-corrected chi connectivity index (χ2v) is 6.17. The zero-order valence-corrected chi connectivity index (χ0v) is 17.6. The maximum Gasteiger partial charge on any atom is 0.152 e. The number of nitriles is 1. The van der Waals surface area contributed by atoms with Crippen molar-refractivity contribution in [1.29, 1.82) is 5.26 Å². The van der Waals surface area contributed by atoms with Gasteiger partial charge in [0, 0.05) is 17.4 Å². The third kappa shape index (κ3) is 3.51. The maximum atomic E-state index is 8.89. The van der Waals surface area contributed by atoms with Crippen LogP contribution in [0.4, 0.5) is 5.82 Å². The van der Waals surface area contributed by atoms with Gasteiger partial charge in [-0.2, -0.15) is 5.26 Å². The second-order valence-electron chi connectivity index (χ2n) is 6.17. The van der Waals surface area contributed by atoms with E-state index in [0.717, 1.165) is 39.7 Å². The number of rotatable bonds is 2. The Morgan fingerprint density at radius 3 is 2.46 bits per heavy atom. The number of benzene rings is 2. The number of anilines is 1. The molecule has 0 atom stereocenters. The molecule has 28 heavy (non-hydrogen) atoms. The van der Waals surface area contributed by atoms with Crippen LogP contribution in [0.15, 0.2) is 48.5 Å². The number of hydrogen-bond acceptors (Lipinski definition) is 4. The zero-order chi connectivity index (χ0) is 18.8. The minimum absolute atomic E-state index is 0. The van der Waals surface area contributed by atoms with E-state index >= 15 is 0 Å². The monoisotopic (exact) mass is 479 g/mol. The first-order valence-corrected chi connectivity index (χ1v) is 8.73. The molecule has 6 heteroatoms. The number of nitrogen functional groups attached to an aromatic ring is 1. The highest BCUT2D eigenvalue weighted by atomic mass is 127. The van der Waals surface area contributed by atoms with Crippen LogP contribution in [0.1, 0.15) is 23.9 Å². The fourth-order valence-electron chi connectivity index (χ4n) is 3.19. The van der Waals surface area contributed by atoms with Gasteiger partial charge in [-0.15, -0.1) is 24.0 Å². The number of hydrogen-bond donors (Lipinski definition) is 1. The van der Waals surface area contributed by atoms with Crippen LogP contribution in [0.25, 0.3) is 21.9 Å². The summed E-state index contributed by atoms with van der Waals surface area (Å²) in [4.78, 5) is 9.18. The zero-order valence-electron chi connectivity index (χ0n) is 15.3. The average Bonchev–Trinajstić information content (AvgIpc) is 3.08. The molecule has 5 nitrogen and oxygen atoms in total. The number of pyridine rings is 1. The van der Waals surface area contributed by atoms with Crippen LogP contribution in [0.5, 0.6) is 0 Å². The smallest absolute Gasteiger partial charge is 0.152 e. The van der Waals surface area contributed by atoms with Crippen molar-refractivity contribution < 1.29 is 0 Å². The van der Waals surface area contributed by atoms with Crippen molar-refractivity contribution in [3.63, 3.8) is 0 Å². The van der Waals surface area contributed by atoms with Crippen LogP contribution < -0.4 is 5.73 Å². The Morgan fingerprint density at radius 2 is 1.75 bits per heavy atom. The molecule has 2 aromatic carbocycles. The highest BCUT2D eigenvalue weighted by molar-refractivity contribution is 14.0. The highest BCUT2D eigenvalue weighted by Gasteiger charge is 2.15. The van der Waals surface area contributed by atoms with Crippen LogP contribution in [0.3, 0.4) is 0 Å². The molecule has 0 spiro atoms. The van der Waals surface area contributed by atoms with E-state index in [9.17, 15) is 0 Å². The first kappa shape index (κ1) is 19.7. The number of fused-ring (bicyclic) bond motifs is 3.